The van der Waals surface area contributed by atoms with Crippen LogP contribution >= 0.6 is 34.0 Å². The Bertz CT molecular complexity index is 4770. The Balaban J connectivity index is 0.000000492. The van der Waals surface area contributed by atoms with Crippen molar-refractivity contribution in [1.29, 1.82) is 5.26 Å². The summed E-state index contributed by atoms with van der Waals surface area (Å²) in [5, 5.41) is 48.1. The fourth-order valence-corrected chi connectivity index (χ4v) is 15.6. The van der Waals surface area contributed by atoms with Crippen LogP contribution in [-0.2, 0) is 0 Å². The highest BCUT2D eigenvalue weighted by molar-refractivity contribution is 7.18. The summed E-state index contributed by atoms with van der Waals surface area (Å²) in [5.41, 5.74) is 17.9. The number of thiazole rings is 3. The van der Waals surface area contributed by atoms with Gasteiger partial charge in [0.1, 0.15) is 18.2 Å². The molecule has 11 aromatic heterocycles. The Kier molecular flexibility index (Phi) is 52.8. The first-order chi connectivity index (χ1) is 61.4. The van der Waals surface area contributed by atoms with Gasteiger partial charge >= 0.3 is 0 Å². The molecule has 11 heterocycles. The van der Waals surface area contributed by atoms with Crippen LogP contribution in [0.1, 0.15) is 551 Å². The first kappa shape index (κ1) is 119. The predicted octanol–water partition coefficient (Wildman–Crippen LogP) is 33.3. The molecule has 0 amide bonds. The lowest BCUT2D eigenvalue weighted by molar-refractivity contribution is 0.363. The molecule has 12 rings (SSSR count). The first-order valence-electron chi connectivity index (χ1n) is 48.7. The van der Waals surface area contributed by atoms with Crippen molar-refractivity contribution in [2.75, 3.05) is 0 Å². The van der Waals surface area contributed by atoms with E-state index in [0.29, 0.717) is 130 Å². The normalized spacial score (nSPS) is 11.4. The summed E-state index contributed by atoms with van der Waals surface area (Å²) in [6.45, 7) is 98.5. The van der Waals surface area contributed by atoms with E-state index in [2.05, 4.69) is 431 Å². The van der Waals surface area contributed by atoms with Crippen LogP contribution in [0.3, 0.4) is 0 Å². The molecule has 20 nitrogen and oxygen atoms in total. The lowest BCUT2D eigenvalue weighted by Crippen LogP contribution is -2.08. The largest absolute Gasteiger partial charge is 0.361 e. The van der Waals surface area contributed by atoms with Crippen LogP contribution in [0.2, 0.25) is 0 Å². The lowest BCUT2D eigenvalue weighted by Gasteiger charge is -2.17. The molecule has 0 aliphatic heterocycles. The van der Waals surface area contributed by atoms with Crippen molar-refractivity contribution >= 4 is 44.2 Å². The number of nitriles is 1. The monoisotopic (exact) mass is 1870 g/mol. The molecule has 0 aliphatic carbocycles. The topological polar surface area (TPSA) is 240 Å². The first-order valence-corrected chi connectivity index (χ1v) is 51.2. The summed E-state index contributed by atoms with van der Waals surface area (Å²) >= 11 is 5.01. The van der Waals surface area contributed by atoms with Crippen molar-refractivity contribution in [2.24, 2.45) is 0 Å². The van der Waals surface area contributed by atoms with E-state index in [-0.39, 0.29) is 11.9 Å². The second-order valence-corrected chi connectivity index (χ2v) is 44.1. The van der Waals surface area contributed by atoms with Gasteiger partial charge in [-0.15, -0.1) is 39.1 Å². The average Bonchev–Trinajstić information content (AvgIpc) is 1.65. The number of nitrogens with zero attached hydrogens (tertiary/aromatic N) is 18. The van der Waals surface area contributed by atoms with E-state index in [1.165, 1.54) is 66.2 Å². The predicted molar refractivity (Wildman–Crippen MR) is 561 cm³/mol. The smallest absolute Gasteiger partial charge is 0.227 e. The number of nitrogens with one attached hydrogen (secondary N) is 1. The molecule has 132 heavy (non-hydrogen) atoms. The lowest BCUT2D eigenvalue weighted by atomic mass is 10.0. The SMILES string of the molecule is CC(C)c1cc(C(C)C)[nH]n1.CC(C)c1cc(C(C)C)on1.CC(C)c1ccnc(C(C)C)c1.CC(C)c1cn(C(C)C)nn1.CC(C)c1cnnc(C(C)C)c1.CC(C)c1nc(C#N)c(C(C)C)s1.CC(C)c1nc(F)c(C(C)C)s1.CC(C)c1nc2cccc(C(C)C)c2s1.CC(C)c1ncn(C(C)C)n1.Cc1cc(C(C)C)n(C(C)C)n1.Cc1ccc(C(C)C)n1C(C)C. The van der Waals surface area contributed by atoms with Crippen molar-refractivity contribution in [1.82, 2.24) is 89.6 Å². The van der Waals surface area contributed by atoms with Gasteiger partial charge in [-0.25, -0.2) is 24.6 Å². The second kappa shape index (κ2) is 58.5. The van der Waals surface area contributed by atoms with E-state index in [1.807, 2.05) is 80.0 Å². The van der Waals surface area contributed by atoms with Crippen LogP contribution in [0.15, 0.2) is 96.2 Å². The van der Waals surface area contributed by atoms with Gasteiger partial charge in [0, 0.05) is 106 Å². The van der Waals surface area contributed by atoms with Crippen molar-refractivity contribution in [3.05, 3.63) is 213 Å². The number of hydrogen-bond donors (Lipinski definition) is 1. The molecule has 0 radical (unpaired) electrons. The zero-order valence-electron chi connectivity index (χ0n) is 90.4. The zero-order valence-corrected chi connectivity index (χ0v) is 92.9. The molecule has 0 fully saturated rings. The molecule has 1 aromatic carbocycles. The van der Waals surface area contributed by atoms with E-state index in [0.717, 1.165) is 65.3 Å². The molecule has 0 atom stereocenters. The molecule has 0 spiro atoms. The summed E-state index contributed by atoms with van der Waals surface area (Å²) in [7, 11) is 0. The number of aromatic nitrogens is 18. The summed E-state index contributed by atoms with van der Waals surface area (Å²) < 4.78 is 27.9. The highest BCUT2D eigenvalue weighted by atomic mass is 32.1. The van der Waals surface area contributed by atoms with Crippen LogP contribution < -0.4 is 0 Å². The zero-order chi connectivity index (χ0) is 101. The quantitative estimate of drug-likeness (QED) is 0.0663. The third-order valence-electron chi connectivity index (χ3n) is 21.0. The fraction of sp³-hybridized carbons (Fsp3) is 0.630. The third-order valence-corrected chi connectivity index (χ3v) is 25.7. The highest BCUT2D eigenvalue weighted by Gasteiger charge is 2.20. The molecule has 734 valence electrons. The molecule has 0 bridgehead atoms. The Morgan fingerprint density at radius 1 is 0.417 bits per heavy atom. The van der Waals surface area contributed by atoms with Gasteiger partial charge in [0.05, 0.1) is 64.8 Å². The van der Waals surface area contributed by atoms with E-state index >= 15 is 0 Å². The number of rotatable bonds is 22. The highest BCUT2D eigenvalue weighted by Crippen LogP contribution is 2.35. The van der Waals surface area contributed by atoms with Gasteiger partial charge in [-0.3, -0.25) is 19.4 Å². The van der Waals surface area contributed by atoms with E-state index in [9.17, 15) is 4.39 Å². The number of aryl methyl sites for hydroxylation is 2. The van der Waals surface area contributed by atoms with Gasteiger partial charge in [-0.05, 0) is 211 Å². The minimum Gasteiger partial charge on any atom is -0.361 e. The maximum Gasteiger partial charge on any atom is 0.227 e. The molecular formula is C108H176FN19OS3. The molecule has 0 unspecified atom stereocenters. The summed E-state index contributed by atoms with van der Waals surface area (Å²) in [4.78, 5) is 23.3. The Morgan fingerprint density at radius 3 is 1.31 bits per heavy atom. The van der Waals surface area contributed by atoms with E-state index < -0.39 is 0 Å². The molecule has 1 N–H and O–H groups in total. The maximum atomic E-state index is 13.1. The van der Waals surface area contributed by atoms with Gasteiger partial charge in [-0.2, -0.15) is 35.1 Å². The van der Waals surface area contributed by atoms with E-state index in [4.69, 9.17) is 9.78 Å². The van der Waals surface area contributed by atoms with Gasteiger partial charge in [0.25, 0.3) is 0 Å². The van der Waals surface area contributed by atoms with Crippen LogP contribution in [0.5, 0.6) is 0 Å². The fourth-order valence-electron chi connectivity index (χ4n) is 12.4. The number of H-pyrrole nitrogens is 1. The van der Waals surface area contributed by atoms with E-state index in [1.54, 1.807) is 17.7 Å². The number of pyridine rings is 1. The molecular weight excluding hydrogens is 1690 g/mol. The molecule has 0 aliphatic rings. The van der Waals surface area contributed by atoms with Gasteiger partial charge < -0.3 is 9.09 Å². The summed E-state index contributed by atoms with van der Waals surface area (Å²) in [6, 6.07) is 27.7. The number of benzene rings is 1. The van der Waals surface area contributed by atoms with Crippen molar-refractivity contribution in [3.8, 4) is 6.07 Å². The minimum absolute atomic E-state index is 0.245. The molecule has 24 heteroatoms. The van der Waals surface area contributed by atoms with Gasteiger partial charge in [0.2, 0.25) is 5.95 Å². The summed E-state index contributed by atoms with van der Waals surface area (Å²) in [5.74, 6) is 10.4. The van der Waals surface area contributed by atoms with Gasteiger partial charge in [0.15, 0.2) is 11.5 Å². The van der Waals surface area contributed by atoms with Crippen molar-refractivity contribution in [3.63, 3.8) is 0 Å². The van der Waals surface area contributed by atoms with Crippen LogP contribution in [0, 0.1) is 31.1 Å². The Labute approximate surface area is 811 Å². The molecule has 0 saturated carbocycles. The molecule has 12 aromatic rings. The Hall–Kier alpha value is -8.79. The number of hydrogen-bond acceptors (Lipinski definition) is 18. The van der Waals surface area contributed by atoms with Crippen LogP contribution in [-0.4, -0.2) is 89.6 Å². The average molecular weight is 1870 g/mol. The number of aromatic amines is 1. The second-order valence-electron chi connectivity index (χ2n) is 41.0. The maximum absolute atomic E-state index is 13.1. The van der Waals surface area contributed by atoms with Gasteiger partial charge in [-0.1, -0.05) is 272 Å². The standard InChI is InChI=1S/C13H17NS.C11H19N.C11H17N.C10H14N2S.C10H18N2.C10H16N2.C9H14FNS.C9H16N2.C9H15NO.2C8H15N3/c1-8(2)10-6-5-7-11-12(10)15-13(14-11)9(3)4;1-8(2)11-7-6-10(5)12(11)9(3)4;1-8(2)10-5-6-12-11(7-10)9(3)4;1-6(2)9-8(5-11)12-10(13-9)7(3)4;1-7(2)10-6-9(5)11-12(10)8(3)4;1-7(2)9-5-10(8(3)4)12-11-6-9;1-5(2)7-8(10)11-9(12-7)6(3)4;2*1-6(2)8-5-9(7(3)4)11-10-8;1-6(2)8-9-5-11(10-8)7(3)4;1-6(2)8-5-11(7(3)4)10-9-8/h5-9H,1-4H3;6-9H,1-5H3;5-9H,1-4H3;6-7H,1-4H3;6-8H,1-5H3;5-8H,1-4H3;5-6H,1-4H3;5-7H,1-4H3,(H,10,11);3*5-7H,1-4H3. The van der Waals surface area contributed by atoms with Crippen LogP contribution in [0.25, 0.3) is 10.2 Å². The Morgan fingerprint density at radius 2 is 0.947 bits per heavy atom. The number of halogens is 1. The summed E-state index contributed by atoms with van der Waals surface area (Å²) in [6.07, 6.45) is 7.55. The number of fused-ring (bicyclic) bond motifs is 1. The van der Waals surface area contributed by atoms with Crippen molar-refractivity contribution < 1.29 is 8.91 Å². The van der Waals surface area contributed by atoms with Crippen molar-refractivity contribution in [2.45, 2.75) is 449 Å². The third kappa shape index (κ3) is 40.4. The minimum atomic E-state index is -0.279. The molecule has 0 saturated heterocycles. The van der Waals surface area contributed by atoms with Crippen LogP contribution in [0.4, 0.5) is 4.39 Å².